The van der Waals surface area contributed by atoms with Gasteiger partial charge in [0.1, 0.15) is 18.3 Å². The SMILES string of the molecule is C=C/C(F)=C\C(=C\c1ccnc(Nc2cc[nH]n2)c1C=C)CF. The van der Waals surface area contributed by atoms with Crippen LogP contribution in [-0.2, 0) is 0 Å². The van der Waals surface area contributed by atoms with Gasteiger partial charge in [-0.2, -0.15) is 5.10 Å². The molecule has 0 aliphatic rings. The maximum Gasteiger partial charge on any atom is 0.153 e. The molecule has 118 valence electrons. The highest BCUT2D eigenvalue weighted by Gasteiger charge is 2.08. The van der Waals surface area contributed by atoms with E-state index in [0.717, 1.165) is 12.2 Å². The first-order valence-electron chi connectivity index (χ1n) is 6.82. The first-order valence-corrected chi connectivity index (χ1v) is 6.82. The van der Waals surface area contributed by atoms with Crippen molar-refractivity contribution in [2.45, 2.75) is 0 Å². The number of nitrogens with zero attached hydrogens (tertiary/aromatic N) is 2. The van der Waals surface area contributed by atoms with Gasteiger partial charge in [-0.1, -0.05) is 19.2 Å². The van der Waals surface area contributed by atoms with Crippen LogP contribution in [0.1, 0.15) is 11.1 Å². The van der Waals surface area contributed by atoms with Crippen LogP contribution in [0, 0.1) is 0 Å². The van der Waals surface area contributed by atoms with Gasteiger partial charge >= 0.3 is 0 Å². The van der Waals surface area contributed by atoms with Gasteiger partial charge in [0.25, 0.3) is 0 Å². The lowest BCUT2D eigenvalue weighted by Crippen LogP contribution is -1.98. The standard InChI is InChI=1S/C17H16F2N4/c1-3-14(19)10-12(11-18)9-13-5-7-20-17(15(13)4-2)22-16-6-8-21-23-16/h3-10H,1-2,11H2,(H2,20,21,22,23)/b12-9-,14-10+. The second-order valence-corrected chi connectivity index (χ2v) is 4.54. The van der Waals surface area contributed by atoms with Crippen LogP contribution in [0.15, 0.2) is 61.2 Å². The van der Waals surface area contributed by atoms with E-state index in [4.69, 9.17) is 0 Å². The fourth-order valence-corrected chi connectivity index (χ4v) is 1.93. The van der Waals surface area contributed by atoms with Gasteiger partial charge in [0, 0.05) is 24.0 Å². The van der Waals surface area contributed by atoms with Crippen molar-refractivity contribution in [2.24, 2.45) is 0 Å². The van der Waals surface area contributed by atoms with Crippen LogP contribution in [0.3, 0.4) is 0 Å². The van der Waals surface area contributed by atoms with Gasteiger partial charge in [-0.05, 0) is 35.4 Å². The topological polar surface area (TPSA) is 53.6 Å². The summed E-state index contributed by atoms with van der Waals surface area (Å²) in [7, 11) is 0. The average molecular weight is 314 g/mol. The minimum Gasteiger partial charge on any atom is -0.323 e. The third-order valence-corrected chi connectivity index (χ3v) is 2.99. The zero-order valence-corrected chi connectivity index (χ0v) is 12.4. The molecule has 0 spiro atoms. The molecule has 0 fully saturated rings. The van der Waals surface area contributed by atoms with Gasteiger partial charge in [-0.15, -0.1) is 0 Å². The summed E-state index contributed by atoms with van der Waals surface area (Å²) in [5, 5.41) is 9.71. The van der Waals surface area contributed by atoms with Gasteiger partial charge in [0.05, 0.1) is 0 Å². The molecule has 2 rings (SSSR count). The minimum absolute atomic E-state index is 0.183. The van der Waals surface area contributed by atoms with Crippen LogP contribution in [0.4, 0.5) is 20.4 Å². The van der Waals surface area contributed by atoms with Crippen molar-refractivity contribution in [1.82, 2.24) is 15.2 Å². The molecule has 0 atom stereocenters. The van der Waals surface area contributed by atoms with Gasteiger partial charge in [-0.3, -0.25) is 5.10 Å². The molecule has 0 aliphatic heterocycles. The third-order valence-electron chi connectivity index (χ3n) is 2.99. The summed E-state index contributed by atoms with van der Waals surface area (Å²) in [5.41, 5.74) is 1.50. The smallest absolute Gasteiger partial charge is 0.153 e. The Morgan fingerprint density at radius 2 is 2.17 bits per heavy atom. The van der Waals surface area contributed by atoms with Crippen molar-refractivity contribution in [3.05, 3.63) is 72.4 Å². The molecule has 0 bridgehead atoms. The van der Waals surface area contributed by atoms with Crippen LogP contribution in [0.25, 0.3) is 12.2 Å². The zero-order valence-electron chi connectivity index (χ0n) is 12.4. The molecule has 2 heterocycles. The highest BCUT2D eigenvalue weighted by molar-refractivity contribution is 5.76. The lowest BCUT2D eigenvalue weighted by molar-refractivity contribution is 0.548. The highest BCUT2D eigenvalue weighted by Crippen LogP contribution is 2.24. The lowest BCUT2D eigenvalue weighted by Gasteiger charge is -2.09. The summed E-state index contributed by atoms with van der Waals surface area (Å²) in [4.78, 5) is 4.23. The Hall–Kier alpha value is -3.02. The number of allylic oxidation sites excluding steroid dienone is 4. The quantitative estimate of drug-likeness (QED) is 0.735. The van der Waals surface area contributed by atoms with Crippen molar-refractivity contribution in [2.75, 3.05) is 12.0 Å². The largest absolute Gasteiger partial charge is 0.323 e. The predicted octanol–water partition coefficient (Wildman–Crippen LogP) is 4.58. The fourth-order valence-electron chi connectivity index (χ4n) is 1.93. The van der Waals surface area contributed by atoms with E-state index in [1.165, 1.54) is 6.08 Å². The van der Waals surface area contributed by atoms with Crippen molar-refractivity contribution in [3.63, 3.8) is 0 Å². The molecule has 4 nitrogen and oxygen atoms in total. The second-order valence-electron chi connectivity index (χ2n) is 4.54. The fraction of sp³-hybridized carbons (Fsp3) is 0.0588. The van der Waals surface area contributed by atoms with Crippen molar-refractivity contribution in [3.8, 4) is 0 Å². The normalized spacial score (nSPS) is 12.1. The predicted molar refractivity (Wildman–Crippen MR) is 89.5 cm³/mol. The van der Waals surface area contributed by atoms with E-state index in [9.17, 15) is 8.78 Å². The Morgan fingerprint density at radius 3 is 2.78 bits per heavy atom. The molecule has 0 unspecified atom stereocenters. The molecule has 23 heavy (non-hydrogen) atoms. The number of halogens is 2. The number of hydrogen-bond acceptors (Lipinski definition) is 3. The molecule has 6 heteroatoms. The number of pyridine rings is 1. The lowest BCUT2D eigenvalue weighted by atomic mass is 10.1. The van der Waals surface area contributed by atoms with Gasteiger partial charge in [0.15, 0.2) is 5.82 Å². The number of aromatic amines is 1. The third kappa shape index (κ3) is 4.23. The highest BCUT2D eigenvalue weighted by atomic mass is 19.1. The first kappa shape index (κ1) is 16.4. The van der Waals surface area contributed by atoms with E-state index in [-0.39, 0.29) is 5.57 Å². The number of anilines is 2. The van der Waals surface area contributed by atoms with Gasteiger partial charge in [0.2, 0.25) is 0 Å². The molecule has 0 radical (unpaired) electrons. The van der Waals surface area contributed by atoms with Gasteiger partial charge < -0.3 is 5.32 Å². The molecular formula is C17H16F2N4. The maximum absolute atomic E-state index is 13.3. The summed E-state index contributed by atoms with van der Waals surface area (Å²) in [6.07, 6.45) is 8.49. The number of hydrogen-bond donors (Lipinski definition) is 2. The number of rotatable bonds is 7. The maximum atomic E-state index is 13.3. The van der Waals surface area contributed by atoms with Crippen LogP contribution < -0.4 is 5.32 Å². The number of alkyl halides is 1. The number of H-pyrrole nitrogens is 1. The monoisotopic (exact) mass is 314 g/mol. The summed E-state index contributed by atoms with van der Waals surface area (Å²) in [6.45, 7) is 6.26. The van der Waals surface area contributed by atoms with E-state index >= 15 is 0 Å². The Morgan fingerprint density at radius 1 is 1.35 bits per heavy atom. The molecule has 2 N–H and O–H groups in total. The van der Waals surface area contributed by atoms with E-state index in [1.807, 2.05) is 0 Å². The van der Waals surface area contributed by atoms with E-state index < -0.39 is 12.5 Å². The summed E-state index contributed by atoms with van der Waals surface area (Å²) in [5.74, 6) is 0.509. The molecular weight excluding hydrogens is 298 g/mol. The molecule has 0 aromatic carbocycles. The average Bonchev–Trinajstić information content (AvgIpc) is 3.07. The van der Waals surface area contributed by atoms with Crippen LogP contribution in [0.5, 0.6) is 0 Å². The van der Waals surface area contributed by atoms with Crippen molar-refractivity contribution >= 4 is 23.8 Å². The second kappa shape index (κ2) is 7.84. The molecule has 2 aromatic heterocycles. The summed E-state index contributed by atoms with van der Waals surface area (Å²) >= 11 is 0. The van der Waals surface area contributed by atoms with E-state index in [1.54, 1.807) is 30.6 Å². The Kier molecular flexibility index (Phi) is 5.57. The van der Waals surface area contributed by atoms with E-state index in [2.05, 4.69) is 33.7 Å². The number of nitrogens with one attached hydrogen (secondary N) is 2. The van der Waals surface area contributed by atoms with Crippen LogP contribution in [-0.4, -0.2) is 21.9 Å². The summed E-state index contributed by atoms with van der Waals surface area (Å²) < 4.78 is 26.4. The Bertz CT molecular complexity index is 746. The van der Waals surface area contributed by atoms with E-state index in [0.29, 0.717) is 22.8 Å². The van der Waals surface area contributed by atoms with Crippen molar-refractivity contribution < 1.29 is 8.78 Å². The Labute approximate surface area is 133 Å². The molecule has 0 aliphatic carbocycles. The van der Waals surface area contributed by atoms with Crippen molar-refractivity contribution in [1.29, 1.82) is 0 Å². The Balaban J connectivity index is 2.42. The summed E-state index contributed by atoms with van der Waals surface area (Å²) in [6, 6.07) is 3.44. The molecule has 0 saturated carbocycles. The molecule has 2 aromatic rings. The first-order chi connectivity index (χ1) is 11.2. The van der Waals surface area contributed by atoms with Gasteiger partial charge in [-0.25, -0.2) is 13.8 Å². The minimum atomic E-state index is -0.803. The van der Waals surface area contributed by atoms with Crippen LogP contribution >= 0.6 is 0 Å². The number of aromatic nitrogens is 3. The molecule has 0 amide bonds. The van der Waals surface area contributed by atoms with Crippen LogP contribution in [0.2, 0.25) is 0 Å². The molecule has 0 saturated heterocycles. The zero-order chi connectivity index (χ0) is 16.7.